The minimum absolute atomic E-state index is 0.0392. The number of hydrogen-bond acceptors (Lipinski definition) is 3. The van der Waals surface area contributed by atoms with Gasteiger partial charge in [0.25, 0.3) is 0 Å². The van der Waals surface area contributed by atoms with Gasteiger partial charge in [-0.25, -0.2) is 4.79 Å². The van der Waals surface area contributed by atoms with Crippen LogP contribution < -0.4 is 5.32 Å². The summed E-state index contributed by atoms with van der Waals surface area (Å²) in [6.45, 7) is 2.37. The summed E-state index contributed by atoms with van der Waals surface area (Å²) < 4.78 is 1.34. The smallest absolute Gasteiger partial charge is 0.352 e. The first-order valence-electron chi connectivity index (χ1n) is 6.34. The molecule has 7 nitrogen and oxygen atoms in total. The van der Waals surface area contributed by atoms with Crippen molar-refractivity contribution in [2.75, 3.05) is 20.1 Å². The number of amides is 2. The Bertz CT molecular complexity index is 496. The van der Waals surface area contributed by atoms with Crippen LogP contribution in [0.3, 0.4) is 0 Å². The van der Waals surface area contributed by atoms with E-state index in [0.717, 1.165) is 6.42 Å². The lowest BCUT2D eigenvalue weighted by Crippen LogP contribution is -2.40. The summed E-state index contributed by atoms with van der Waals surface area (Å²) in [5.74, 6) is -1.64. The zero-order valence-electron chi connectivity index (χ0n) is 11.6. The van der Waals surface area contributed by atoms with E-state index in [1.165, 1.54) is 28.8 Å². The Hall–Kier alpha value is -2.31. The number of carbonyl (C=O) groups excluding carboxylic acids is 2. The summed E-state index contributed by atoms with van der Waals surface area (Å²) in [5.41, 5.74) is 0.0437. The van der Waals surface area contributed by atoms with Gasteiger partial charge in [-0.3, -0.25) is 9.59 Å². The highest BCUT2D eigenvalue weighted by molar-refractivity contribution is 5.87. The minimum Gasteiger partial charge on any atom is -0.477 e. The molecule has 0 atom stereocenters. The van der Waals surface area contributed by atoms with E-state index < -0.39 is 5.97 Å². The monoisotopic (exact) mass is 281 g/mol. The Kier molecular flexibility index (Phi) is 5.76. The van der Waals surface area contributed by atoms with Gasteiger partial charge < -0.3 is 19.9 Å². The van der Waals surface area contributed by atoms with Crippen LogP contribution in [0.2, 0.25) is 0 Å². The lowest BCUT2D eigenvalue weighted by molar-refractivity contribution is -0.135. The molecule has 1 aromatic heterocycles. The molecule has 110 valence electrons. The van der Waals surface area contributed by atoms with Gasteiger partial charge in [-0.15, -0.1) is 0 Å². The third-order valence-corrected chi connectivity index (χ3v) is 2.73. The van der Waals surface area contributed by atoms with Crippen molar-refractivity contribution in [3.63, 3.8) is 0 Å². The van der Waals surface area contributed by atoms with Gasteiger partial charge in [-0.2, -0.15) is 0 Å². The van der Waals surface area contributed by atoms with E-state index in [2.05, 4.69) is 5.32 Å². The average Bonchev–Trinajstić information content (AvgIpc) is 2.84. The molecule has 0 fully saturated rings. The SMILES string of the molecule is CCCNC(=O)CN(C)C(=O)Cn1cccc1C(=O)O. The van der Waals surface area contributed by atoms with Crippen molar-refractivity contribution >= 4 is 17.8 Å². The molecule has 1 aromatic rings. The Labute approximate surface area is 117 Å². The molecule has 0 aliphatic rings. The first-order chi connectivity index (χ1) is 9.45. The normalized spacial score (nSPS) is 10.1. The molecule has 0 saturated carbocycles. The molecule has 2 N–H and O–H groups in total. The maximum atomic E-state index is 11.9. The zero-order chi connectivity index (χ0) is 15.1. The second-order valence-corrected chi connectivity index (χ2v) is 4.43. The van der Waals surface area contributed by atoms with Crippen molar-refractivity contribution in [3.8, 4) is 0 Å². The topological polar surface area (TPSA) is 91.6 Å². The molecule has 7 heteroatoms. The highest BCUT2D eigenvalue weighted by Crippen LogP contribution is 2.03. The molecule has 0 bridgehead atoms. The van der Waals surface area contributed by atoms with Crippen LogP contribution in [-0.4, -0.2) is 52.5 Å². The van der Waals surface area contributed by atoms with E-state index in [0.29, 0.717) is 6.54 Å². The maximum Gasteiger partial charge on any atom is 0.352 e. The molecule has 0 saturated heterocycles. The molecule has 0 aliphatic heterocycles. The molecule has 0 aromatic carbocycles. The summed E-state index contributed by atoms with van der Waals surface area (Å²) in [5, 5.41) is 11.6. The molecule has 1 heterocycles. The predicted octanol–water partition coefficient (Wildman–Crippen LogP) is 0.171. The minimum atomic E-state index is -1.09. The summed E-state index contributed by atoms with van der Waals surface area (Å²) in [6.07, 6.45) is 2.35. The number of carbonyl (C=O) groups is 3. The summed E-state index contributed by atoms with van der Waals surface area (Å²) in [7, 11) is 1.51. The Morgan fingerprint density at radius 3 is 2.70 bits per heavy atom. The molecule has 0 spiro atoms. The second kappa shape index (κ2) is 7.32. The van der Waals surface area contributed by atoms with Gasteiger partial charge in [0.1, 0.15) is 12.2 Å². The van der Waals surface area contributed by atoms with Crippen LogP contribution in [0.5, 0.6) is 0 Å². The number of nitrogens with one attached hydrogen (secondary N) is 1. The number of rotatable bonds is 7. The number of carboxylic acids is 1. The predicted molar refractivity (Wildman–Crippen MR) is 72.3 cm³/mol. The first-order valence-corrected chi connectivity index (χ1v) is 6.34. The van der Waals surface area contributed by atoms with E-state index in [1.807, 2.05) is 6.92 Å². The number of nitrogens with zero attached hydrogens (tertiary/aromatic N) is 2. The van der Waals surface area contributed by atoms with E-state index in [-0.39, 0.29) is 30.6 Å². The van der Waals surface area contributed by atoms with Crippen molar-refractivity contribution in [2.24, 2.45) is 0 Å². The molecule has 2 amide bonds. The number of likely N-dealkylation sites (N-methyl/N-ethyl adjacent to an activating group) is 1. The first kappa shape index (κ1) is 15.7. The summed E-state index contributed by atoms with van der Waals surface area (Å²) >= 11 is 0. The van der Waals surface area contributed by atoms with Crippen molar-refractivity contribution in [1.82, 2.24) is 14.8 Å². The highest BCUT2D eigenvalue weighted by Gasteiger charge is 2.16. The fraction of sp³-hybridized carbons (Fsp3) is 0.462. The quantitative estimate of drug-likeness (QED) is 0.745. The average molecular weight is 281 g/mol. The fourth-order valence-electron chi connectivity index (χ4n) is 1.64. The highest BCUT2D eigenvalue weighted by atomic mass is 16.4. The maximum absolute atomic E-state index is 11.9. The van der Waals surface area contributed by atoms with E-state index in [1.54, 1.807) is 6.07 Å². The van der Waals surface area contributed by atoms with Crippen LogP contribution in [0.25, 0.3) is 0 Å². The molecule has 0 aliphatic carbocycles. The van der Waals surface area contributed by atoms with Gasteiger partial charge in [-0.05, 0) is 18.6 Å². The molecule has 1 rings (SSSR count). The number of aromatic nitrogens is 1. The van der Waals surface area contributed by atoms with Crippen molar-refractivity contribution in [3.05, 3.63) is 24.0 Å². The largest absolute Gasteiger partial charge is 0.477 e. The van der Waals surface area contributed by atoms with Crippen molar-refractivity contribution < 1.29 is 19.5 Å². The Morgan fingerprint density at radius 1 is 1.40 bits per heavy atom. The van der Waals surface area contributed by atoms with Gasteiger partial charge in [0.15, 0.2) is 0 Å². The number of aromatic carboxylic acids is 1. The van der Waals surface area contributed by atoms with Crippen LogP contribution in [0, 0.1) is 0 Å². The third kappa shape index (κ3) is 4.42. The fourth-order valence-corrected chi connectivity index (χ4v) is 1.64. The van der Waals surface area contributed by atoms with Crippen LogP contribution in [-0.2, 0) is 16.1 Å². The lowest BCUT2D eigenvalue weighted by atomic mass is 10.4. The molecule has 20 heavy (non-hydrogen) atoms. The van der Waals surface area contributed by atoms with Gasteiger partial charge >= 0.3 is 5.97 Å². The molecule has 0 unspecified atom stereocenters. The Morgan fingerprint density at radius 2 is 2.10 bits per heavy atom. The van der Waals surface area contributed by atoms with Crippen LogP contribution >= 0.6 is 0 Å². The molecular formula is C13H19N3O4. The van der Waals surface area contributed by atoms with Crippen molar-refractivity contribution in [2.45, 2.75) is 19.9 Å². The van der Waals surface area contributed by atoms with E-state index in [4.69, 9.17) is 5.11 Å². The zero-order valence-corrected chi connectivity index (χ0v) is 11.6. The number of hydrogen-bond donors (Lipinski definition) is 2. The third-order valence-electron chi connectivity index (χ3n) is 2.73. The van der Waals surface area contributed by atoms with Crippen LogP contribution in [0.4, 0.5) is 0 Å². The Balaban J connectivity index is 2.55. The summed E-state index contributed by atoms with van der Waals surface area (Å²) in [6, 6.07) is 2.98. The van der Waals surface area contributed by atoms with Gasteiger partial charge in [-0.1, -0.05) is 6.92 Å². The van der Waals surface area contributed by atoms with Crippen molar-refractivity contribution in [1.29, 1.82) is 0 Å². The van der Waals surface area contributed by atoms with Gasteiger partial charge in [0.05, 0.1) is 6.54 Å². The van der Waals surface area contributed by atoms with Crippen LogP contribution in [0.15, 0.2) is 18.3 Å². The van der Waals surface area contributed by atoms with E-state index >= 15 is 0 Å². The summed E-state index contributed by atoms with van der Waals surface area (Å²) in [4.78, 5) is 35.6. The van der Waals surface area contributed by atoms with Gasteiger partial charge in [0.2, 0.25) is 11.8 Å². The number of carboxylic acid groups (broad SMARTS) is 1. The van der Waals surface area contributed by atoms with Crippen LogP contribution in [0.1, 0.15) is 23.8 Å². The molecular weight excluding hydrogens is 262 g/mol. The standard InChI is InChI=1S/C13H19N3O4/c1-3-6-14-11(17)8-15(2)12(18)9-16-7-4-5-10(16)13(19)20/h4-5,7H,3,6,8-9H2,1-2H3,(H,14,17)(H,19,20). The van der Waals surface area contributed by atoms with Gasteiger partial charge in [0, 0.05) is 19.8 Å². The molecule has 0 radical (unpaired) electrons. The lowest BCUT2D eigenvalue weighted by Gasteiger charge is -2.17. The van der Waals surface area contributed by atoms with E-state index in [9.17, 15) is 14.4 Å². The second-order valence-electron chi connectivity index (χ2n) is 4.43.